The van der Waals surface area contributed by atoms with Crippen molar-refractivity contribution in [1.29, 1.82) is 0 Å². The van der Waals surface area contributed by atoms with Gasteiger partial charge in [-0.25, -0.2) is 8.78 Å². The Balaban J connectivity index is 1.48. The minimum atomic E-state index is -0.864. The van der Waals surface area contributed by atoms with Crippen LogP contribution in [0.2, 0.25) is 0 Å². The van der Waals surface area contributed by atoms with E-state index in [4.69, 9.17) is 4.74 Å². The van der Waals surface area contributed by atoms with E-state index in [2.05, 4.69) is 15.4 Å². The minimum Gasteiger partial charge on any atom is -0.481 e. The highest BCUT2D eigenvalue weighted by molar-refractivity contribution is 5.90. The van der Waals surface area contributed by atoms with Crippen molar-refractivity contribution in [2.24, 2.45) is 0 Å². The van der Waals surface area contributed by atoms with Crippen molar-refractivity contribution in [2.75, 3.05) is 11.9 Å². The Bertz CT molecular complexity index is 884. The fraction of sp³-hybridized carbons (Fsp3) is 0.167. The third-order valence-corrected chi connectivity index (χ3v) is 3.48. The number of pyridine rings is 1. The largest absolute Gasteiger partial charge is 0.481 e. The van der Waals surface area contributed by atoms with Crippen molar-refractivity contribution < 1.29 is 18.3 Å². The summed E-state index contributed by atoms with van der Waals surface area (Å²) in [7, 11) is 0. The van der Waals surface area contributed by atoms with Gasteiger partial charge in [0.1, 0.15) is 5.82 Å². The van der Waals surface area contributed by atoms with Crippen LogP contribution in [0.3, 0.4) is 0 Å². The normalized spacial score (nSPS) is 10.5. The van der Waals surface area contributed by atoms with Crippen LogP contribution < -0.4 is 10.1 Å². The zero-order valence-corrected chi connectivity index (χ0v) is 13.7. The molecular weight excluding hydrogens is 342 g/mol. The predicted molar refractivity (Wildman–Crippen MR) is 90.7 cm³/mol. The second-order valence-corrected chi connectivity index (χ2v) is 5.45. The summed E-state index contributed by atoms with van der Waals surface area (Å²) in [5, 5.41) is 6.78. The molecule has 0 aliphatic carbocycles. The molecule has 1 amide bonds. The Kier molecular flexibility index (Phi) is 5.52. The van der Waals surface area contributed by atoms with E-state index in [1.807, 2.05) is 18.2 Å². The summed E-state index contributed by atoms with van der Waals surface area (Å²) in [5.74, 6) is -1.91. The molecule has 134 valence electrons. The second kappa shape index (κ2) is 8.19. The Hall–Kier alpha value is -3.29. The van der Waals surface area contributed by atoms with Crippen LogP contribution in [-0.4, -0.2) is 27.3 Å². The topological polar surface area (TPSA) is 69.0 Å². The first kappa shape index (κ1) is 17.5. The van der Waals surface area contributed by atoms with Crippen LogP contribution in [0.15, 0.2) is 54.9 Å². The molecule has 0 fully saturated rings. The standard InChI is InChI=1S/C18H16F2N4O2/c19-13-4-5-16(15(20)11-13)26-12-18(25)22-17-7-10-24(23-17)9-6-14-3-1-2-8-21-14/h1-5,7-8,10-11H,6,9,12H2,(H,22,23,25). The molecule has 0 unspecified atom stereocenters. The summed E-state index contributed by atoms with van der Waals surface area (Å²) in [6.07, 6.45) is 4.18. The zero-order valence-electron chi connectivity index (χ0n) is 13.7. The first-order chi connectivity index (χ1) is 12.6. The van der Waals surface area contributed by atoms with E-state index >= 15 is 0 Å². The quantitative estimate of drug-likeness (QED) is 0.705. The summed E-state index contributed by atoms with van der Waals surface area (Å²) in [6.45, 7) is 0.202. The van der Waals surface area contributed by atoms with Crippen LogP contribution in [0.25, 0.3) is 0 Å². The number of aryl methyl sites for hydroxylation is 2. The van der Waals surface area contributed by atoms with Crippen LogP contribution >= 0.6 is 0 Å². The van der Waals surface area contributed by atoms with E-state index in [-0.39, 0.29) is 5.75 Å². The summed E-state index contributed by atoms with van der Waals surface area (Å²) < 4.78 is 33.0. The van der Waals surface area contributed by atoms with E-state index in [1.165, 1.54) is 0 Å². The van der Waals surface area contributed by atoms with Gasteiger partial charge in [-0.15, -0.1) is 0 Å². The van der Waals surface area contributed by atoms with Crippen molar-refractivity contribution in [3.8, 4) is 5.75 Å². The number of hydrogen-bond acceptors (Lipinski definition) is 4. The maximum atomic E-state index is 13.4. The smallest absolute Gasteiger partial charge is 0.263 e. The molecule has 2 aromatic heterocycles. The molecule has 3 rings (SSSR count). The number of halogens is 2. The van der Waals surface area contributed by atoms with Gasteiger partial charge in [0.15, 0.2) is 24.0 Å². The molecule has 1 aromatic carbocycles. The van der Waals surface area contributed by atoms with Gasteiger partial charge in [-0.3, -0.25) is 14.5 Å². The number of aromatic nitrogens is 3. The number of amides is 1. The zero-order chi connectivity index (χ0) is 18.4. The van der Waals surface area contributed by atoms with Crippen LogP contribution in [0.5, 0.6) is 5.75 Å². The molecule has 1 N–H and O–H groups in total. The highest BCUT2D eigenvalue weighted by Crippen LogP contribution is 2.17. The molecule has 0 saturated carbocycles. The Morgan fingerprint density at radius 3 is 2.85 bits per heavy atom. The third-order valence-electron chi connectivity index (χ3n) is 3.48. The molecule has 0 spiro atoms. The number of anilines is 1. The van der Waals surface area contributed by atoms with Gasteiger partial charge in [0.25, 0.3) is 5.91 Å². The molecule has 3 aromatic rings. The van der Waals surface area contributed by atoms with Gasteiger partial charge in [-0.2, -0.15) is 5.10 Å². The molecule has 0 saturated heterocycles. The first-order valence-corrected chi connectivity index (χ1v) is 7.91. The fourth-order valence-electron chi connectivity index (χ4n) is 2.24. The maximum Gasteiger partial charge on any atom is 0.263 e. The number of ether oxygens (including phenoxy) is 1. The van der Waals surface area contributed by atoms with Crippen molar-refractivity contribution >= 4 is 11.7 Å². The molecular formula is C18H16F2N4O2. The van der Waals surface area contributed by atoms with Crippen LogP contribution in [0, 0.1) is 11.6 Å². The van der Waals surface area contributed by atoms with Gasteiger partial charge in [0.2, 0.25) is 0 Å². The number of benzene rings is 1. The van der Waals surface area contributed by atoms with Gasteiger partial charge in [0, 0.05) is 43.2 Å². The van der Waals surface area contributed by atoms with Gasteiger partial charge in [-0.05, 0) is 24.3 Å². The van der Waals surface area contributed by atoms with E-state index in [1.54, 1.807) is 23.1 Å². The highest BCUT2D eigenvalue weighted by Gasteiger charge is 2.09. The van der Waals surface area contributed by atoms with E-state index in [0.29, 0.717) is 24.8 Å². The summed E-state index contributed by atoms with van der Waals surface area (Å²) in [6, 6.07) is 10.2. The molecule has 8 heteroatoms. The second-order valence-electron chi connectivity index (χ2n) is 5.45. The van der Waals surface area contributed by atoms with Crippen molar-refractivity contribution in [3.05, 3.63) is 72.2 Å². The number of nitrogens with one attached hydrogen (secondary N) is 1. The number of carbonyl (C=O) groups excluding carboxylic acids is 1. The predicted octanol–water partition coefficient (Wildman–Crippen LogP) is 2.82. The highest BCUT2D eigenvalue weighted by atomic mass is 19.1. The Labute approximate surface area is 148 Å². The molecule has 0 radical (unpaired) electrons. The average Bonchev–Trinajstić information content (AvgIpc) is 3.07. The van der Waals surface area contributed by atoms with Gasteiger partial charge in [-0.1, -0.05) is 6.07 Å². The summed E-state index contributed by atoms with van der Waals surface area (Å²) >= 11 is 0. The lowest BCUT2D eigenvalue weighted by Crippen LogP contribution is -2.21. The Morgan fingerprint density at radius 2 is 2.08 bits per heavy atom. The lowest BCUT2D eigenvalue weighted by Gasteiger charge is -2.07. The monoisotopic (exact) mass is 358 g/mol. The van der Waals surface area contributed by atoms with E-state index in [9.17, 15) is 13.6 Å². The van der Waals surface area contributed by atoms with Gasteiger partial charge >= 0.3 is 0 Å². The van der Waals surface area contributed by atoms with Crippen LogP contribution in [-0.2, 0) is 17.8 Å². The SMILES string of the molecule is O=C(COc1ccc(F)cc1F)Nc1ccn(CCc2ccccn2)n1. The van der Waals surface area contributed by atoms with E-state index < -0.39 is 24.1 Å². The maximum absolute atomic E-state index is 13.4. The van der Waals surface area contributed by atoms with Crippen molar-refractivity contribution in [3.63, 3.8) is 0 Å². The molecule has 0 aliphatic heterocycles. The molecule has 26 heavy (non-hydrogen) atoms. The van der Waals surface area contributed by atoms with Gasteiger partial charge < -0.3 is 10.1 Å². The number of carbonyl (C=O) groups is 1. The average molecular weight is 358 g/mol. The van der Waals surface area contributed by atoms with Crippen LogP contribution in [0.1, 0.15) is 5.69 Å². The van der Waals surface area contributed by atoms with Crippen LogP contribution in [0.4, 0.5) is 14.6 Å². The molecule has 0 atom stereocenters. The third kappa shape index (κ3) is 4.85. The van der Waals surface area contributed by atoms with Crippen molar-refractivity contribution in [2.45, 2.75) is 13.0 Å². The first-order valence-electron chi connectivity index (χ1n) is 7.91. The molecule has 6 nitrogen and oxygen atoms in total. The molecule has 0 aliphatic rings. The number of rotatable bonds is 7. The molecule has 0 bridgehead atoms. The number of hydrogen-bond donors (Lipinski definition) is 1. The van der Waals surface area contributed by atoms with Crippen molar-refractivity contribution in [1.82, 2.24) is 14.8 Å². The lowest BCUT2D eigenvalue weighted by atomic mass is 10.3. The Morgan fingerprint density at radius 1 is 1.19 bits per heavy atom. The van der Waals surface area contributed by atoms with Gasteiger partial charge in [0.05, 0.1) is 0 Å². The molecule has 2 heterocycles. The fourth-order valence-corrected chi connectivity index (χ4v) is 2.24. The van der Waals surface area contributed by atoms with E-state index in [0.717, 1.165) is 17.8 Å². The lowest BCUT2D eigenvalue weighted by molar-refractivity contribution is -0.118. The summed E-state index contributed by atoms with van der Waals surface area (Å²) in [4.78, 5) is 16.1. The minimum absolute atomic E-state index is 0.192. The summed E-state index contributed by atoms with van der Waals surface area (Å²) in [5.41, 5.74) is 0.948. The number of nitrogens with zero attached hydrogens (tertiary/aromatic N) is 3.